The molecule has 1 N–H and O–H groups in total. The van der Waals surface area contributed by atoms with Gasteiger partial charge in [0.15, 0.2) is 28.8 Å². The highest BCUT2D eigenvalue weighted by Gasteiger charge is 2.47. The number of carbonyl (C=O) groups excluding carboxylic acids is 1. The number of nitrogens with zero attached hydrogens (tertiary/aromatic N) is 4. The van der Waals surface area contributed by atoms with Gasteiger partial charge in [0.05, 0.1) is 25.4 Å². The summed E-state index contributed by atoms with van der Waals surface area (Å²) in [4.78, 5) is 29.1. The van der Waals surface area contributed by atoms with E-state index in [1.807, 2.05) is 6.07 Å². The fourth-order valence-corrected chi connectivity index (χ4v) is 5.72. The summed E-state index contributed by atoms with van der Waals surface area (Å²) >= 11 is 0. The molecule has 5 heterocycles. The summed E-state index contributed by atoms with van der Waals surface area (Å²) in [6.07, 6.45) is 3.89. The van der Waals surface area contributed by atoms with Gasteiger partial charge in [-0.25, -0.2) is 8.78 Å². The van der Waals surface area contributed by atoms with Gasteiger partial charge in [-0.2, -0.15) is 0 Å². The number of carbonyl (C=O) groups is 1. The molecule has 1 fully saturated rings. The van der Waals surface area contributed by atoms with Gasteiger partial charge in [-0.3, -0.25) is 19.3 Å². The number of hydrogen-bond donors (Lipinski definition) is 1. The van der Waals surface area contributed by atoms with E-state index in [-0.39, 0.29) is 37.6 Å². The first kappa shape index (κ1) is 21.9. The number of aromatic nitrogens is 1. The molecule has 3 aromatic rings. The predicted molar refractivity (Wildman–Crippen MR) is 127 cm³/mol. The number of pyridine rings is 1. The normalized spacial score (nSPS) is 21.5. The molecule has 1 saturated heterocycles. The van der Waals surface area contributed by atoms with Gasteiger partial charge in [0.1, 0.15) is 18.5 Å². The summed E-state index contributed by atoms with van der Waals surface area (Å²) in [5.41, 5.74) is 1.10. The molecule has 2 aromatic carbocycles. The van der Waals surface area contributed by atoms with Gasteiger partial charge < -0.3 is 24.4 Å². The van der Waals surface area contributed by atoms with Crippen molar-refractivity contribution in [3.8, 4) is 11.5 Å². The van der Waals surface area contributed by atoms with Crippen LogP contribution in [0, 0.1) is 11.6 Å². The summed E-state index contributed by atoms with van der Waals surface area (Å²) in [6.45, 7) is 0.675. The molecule has 1 aromatic heterocycles. The van der Waals surface area contributed by atoms with Crippen molar-refractivity contribution in [2.75, 3.05) is 29.7 Å². The number of amides is 1. The Hall–Kier alpha value is -4.38. The molecule has 37 heavy (non-hydrogen) atoms. The number of aromatic hydroxyl groups is 1. The summed E-state index contributed by atoms with van der Waals surface area (Å²) < 4.78 is 42.9. The van der Waals surface area contributed by atoms with E-state index in [0.29, 0.717) is 22.6 Å². The first-order valence-electron chi connectivity index (χ1n) is 11.8. The molecule has 0 spiro atoms. The van der Waals surface area contributed by atoms with Crippen LogP contribution >= 0.6 is 0 Å². The Kier molecular flexibility index (Phi) is 4.61. The van der Waals surface area contributed by atoms with Crippen LogP contribution in [0.15, 0.2) is 59.9 Å². The molecule has 1 amide bonds. The average molecular weight is 506 g/mol. The minimum absolute atomic E-state index is 0.0409. The minimum atomic E-state index is -0.973. The van der Waals surface area contributed by atoms with Crippen LogP contribution in [0.2, 0.25) is 0 Å². The van der Waals surface area contributed by atoms with E-state index in [4.69, 9.17) is 9.47 Å². The number of para-hydroxylation sites is 1. The van der Waals surface area contributed by atoms with Crippen LogP contribution in [0.4, 0.5) is 14.5 Å². The summed E-state index contributed by atoms with van der Waals surface area (Å²) in [5, 5.41) is 12.5. The van der Waals surface area contributed by atoms with E-state index in [2.05, 4.69) is 0 Å². The van der Waals surface area contributed by atoms with Crippen molar-refractivity contribution in [2.24, 2.45) is 0 Å². The van der Waals surface area contributed by atoms with Crippen molar-refractivity contribution in [1.82, 2.24) is 9.58 Å². The molecule has 188 valence electrons. The zero-order valence-corrected chi connectivity index (χ0v) is 19.3. The van der Waals surface area contributed by atoms with Gasteiger partial charge in [-0.05, 0) is 17.7 Å². The second kappa shape index (κ2) is 7.81. The minimum Gasteiger partial charge on any atom is -0.502 e. The summed E-state index contributed by atoms with van der Waals surface area (Å²) in [5.74, 6) is -2.60. The van der Waals surface area contributed by atoms with E-state index >= 15 is 4.39 Å². The Balaban J connectivity index is 1.57. The molecule has 9 nitrogen and oxygen atoms in total. The van der Waals surface area contributed by atoms with Crippen molar-refractivity contribution >= 4 is 11.6 Å². The zero-order chi connectivity index (χ0) is 25.4. The van der Waals surface area contributed by atoms with E-state index < -0.39 is 40.9 Å². The molecular formula is C26H20F2N4O5. The Bertz CT molecular complexity index is 1570. The van der Waals surface area contributed by atoms with Gasteiger partial charge in [0.2, 0.25) is 5.43 Å². The number of rotatable bonds is 1. The van der Waals surface area contributed by atoms with Crippen molar-refractivity contribution in [3.05, 3.63) is 99.3 Å². The molecule has 2 unspecified atom stereocenters. The molecule has 0 bridgehead atoms. The Labute approximate surface area is 208 Å². The summed E-state index contributed by atoms with van der Waals surface area (Å²) in [7, 11) is 0. The van der Waals surface area contributed by atoms with Crippen LogP contribution in [0.25, 0.3) is 0 Å². The van der Waals surface area contributed by atoms with Crippen LogP contribution < -0.4 is 20.1 Å². The lowest BCUT2D eigenvalue weighted by Crippen LogP contribution is -2.66. The number of fused-ring (bicyclic) bond motifs is 3. The summed E-state index contributed by atoms with van der Waals surface area (Å²) in [6, 6.07) is 8.46. The molecule has 0 aliphatic carbocycles. The molecule has 4 aliphatic rings. The van der Waals surface area contributed by atoms with E-state index in [9.17, 15) is 19.1 Å². The van der Waals surface area contributed by atoms with E-state index in [0.717, 1.165) is 6.07 Å². The second-order valence-electron chi connectivity index (χ2n) is 9.21. The number of ether oxygens (including phenoxy) is 2. The fourth-order valence-electron chi connectivity index (χ4n) is 5.72. The fraction of sp³-hybridized carbons (Fsp3) is 0.231. The highest BCUT2D eigenvalue weighted by Crippen LogP contribution is 2.48. The number of halogens is 2. The third-order valence-electron chi connectivity index (χ3n) is 7.34. The Morgan fingerprint density at radius 2 is 1.92 bits per heavy atom. The van der Waals surface area contributed by atoms with Gasteiger partial charge in [-0.15, -0.1) is 0 Å². The number of morpholine rings is 1. The number of hydrogen-bond acceptors (Lipinski definition) is 7. The van der Waals surface area contributed by atoms with Gasteiger partial charge in [0, 0.05) is 36.1 Å². The predicted octanol–water partition coefficient (Wildman–Crippen LogP) is 2.56. The lowest BCUT2D eigenvalue weighted by Gasteiger charge is -2.51. The maximum atomic E-state index is 15.4. The smallest absolute Gasteiger partial charge is 0.278 e. The third-order valence-corrected chi connectivity index (χ3v) is 7.34. The molecule has 7 rings (SSSR count). The quantitative estimate of drug-likeness (QED) is 0.543. The van der Waals surface area contributed by atoms with Crippen molar-refractivity contribution in [2.45, 2.75) is 18.8 Å². The maximum Gasteiger partial charge on any atom is 0.278 e. The van der Waals surface area contributed by atoms with Gasteiger partial charge in [0.25, 0.3) is 5.91 Å². The van der Waals surface area contributed by atoms with Crippen LogP contribution in [-0.4, -0.2) is 46.5 Å². The molecule has 4 aliphatic heterocycles. The van der Waals surface area contributed by atoms with Crippen LogP contribution in [0.5, 0.6) is 11.5 Å². The molecule has 0 saturated carbocycles. The van der Waals surface area contributed by atoms with E-state index in [1.54, 1.807) is 28.2 Å². The largest absolute Gasteiger partial charge is 0.502 e. The number of anilines is 1. The van der Waals surface area contributed by atoms with Crippen molar-refractivity contribution in [3.63, 3.8) is 0 Å². The lowest BCUT2D eigenvalue weighted by molar-refractivity contribution is -0.0197. The topological polar surface area (TPSA) is 87.5 Å². The number of benzene rings is 2. The standard InChI is InChI=1S/C26H20F2N4O5/c27-17-5-4-14-16(21(17)28)12-29-8-11-37-19-3-1-2-15(23(19)29)22(14)32-20-13-36-10-9-30(20)26(35)24-25(34)18(33)6-7-31(24)32/h1-8,11,20,22,34H,9-10,12-13H2. The van der Waals surface area contributed by atoms with Gasteiger partial charge in [-0.1, -0.05) is 18.2 Å². The highest BCUT2D eigenvalue weighted by molar-refractivity contribution is 5.96. The van der Waals surface area contributed by atoms with Crippen LogP contribution in [0.1, 0.15) is 33.2 Å². The van der Waals surface area contributed by atoms with Crippen LogP contribution in [-0.2, 0) is 11.3 Å². The van der Waals surface area contributed by atoms with Crippen LogP contribution in [0.3, 0.4) is 0 Å². The average Bonchev–Trinajstić information content (AvgIpc) is 3.05. The van der Waals surface area contributed by atoms with Crippen molar-refractivity contribution < 1.29 is 28.2 Å². The Morgan fingerprint density at radius 1 is 1.05 bits per heavy atom. The first-order chi connectivity index (χ1) is 18.0. The van der Waals surface area contributed by atoms with E-state index in [1.165, 1.54) is 34.2 Å². The molecule has 0 radical (unpaired) electrons. The SMILES string of the molecule is O=C1c2c(O)c(=O)ccn2N(C2c3ccc(F)c(F)c3CN3C=COc4cccc2c43)C2COCCN12. The molecule has 2 atom stereocenters. The molecule has 11 heteroatoms. The zero-order valence-electron chi connectivity index (χ0n) is 19.3. The monoisotopic (exact) mass is 506 g/mol. The molecular weight excluding hydrogens is 486 g/mol. The van der Waals surface area contributed by atoms with Gasteiger partial charge >= 0.3 is 0 Å². The highest BCUT2D eigenvalue weighted by atomic mass is 19.2. The lowest BCUT2D eigenvalue weighted by atomic mass is 9.92. The van der Waals surface area contributed by atoms with Crippen molar-refractivity contribution in [1.29, 1.82) is 0 Å². The second-order valence-corrected chi connectivity index (χ2v) is 9.21. The first-order valence-corrected chi connectivity index (χ1v) is 11.8. The Morgan fingerprint density at radius 3 is 2.78 bits per heavy atom. The maximum absolute atomic E-state index is 15.4. The third kappa shape index (κ3) is 2.97.